The molecule has 0 radical (unpaired) electrons. The van der Waals surface area contributed by atoms with Crippen molar-refractivity contribution in [3.05, 3.63) is 23.8 Å². The quantitative estimate of drug-likeness (QED) is 0.176. The molecular weight excluding hydrogens is 322 g/mol. The van der Waals surface area contributed by atoms with Crippen LogP contribution in [-0.4, -0.2) is 24.2 Å². The van der Waals surface area contributed by atoms with Gasteiger partial charge < -0.3 is 10.4 Å². The molecule has 0 rings (SSSR count). The van der Waals surface area contributed by atoms with Gasteiger partial charge in [-0.1, -0.05) is 89.4 Å². The van der Waals surface area contributed by atoms with E-state index in [-0.39, 0.29) is 12.5 Å². The fraction of sp³-hybridized carbons (Fsp3) is 0.783. The van der Waals surface area contributed by atoms with Gasteiger partial charge in [-0.3, -0.25) is 4.79 Å². The molecule has 1 amide bonds. The van der Waals surface area contributed by atoms with Crippen molar-refractivity contribution in [2.45, 2.75) is 104 Å². The van der Waals surface area contributed by atoms with E-state index in [9.17, 15) is 4.79 Å². The van der Waals surface area contributed by atoms with E-state index >= 15 is 0 Å². The van der Waals surface area contributed by atoms with Gasteiger partial charge in [0.05, 0.1) is 6.61 Å². The SMILES string of the molecule is CCCCCCCCCCCCCC=CCCC=C(C)C(=O)NCCO. The van der Waals surface area contributed by atoms with Gasteiger partial charge in [-0.25, -0.2) is 0 Å². The first-order valence-corrected chi connectivity index (χ1v) is 10.9. The Hall–Kier alpha value is -1.09. The van der Waals surface area contributed by atoms with Crippen LogP contribution in [0, 0.1) is 0 Å². The fourth-order valence-corrected chi connectivity index (χ4v) is 2.96. The van der Waals surface area contributed by atoms with Crippen molar-refractivity contribution in [2.24, 2.45) is 0 Å². The molecule has 0 spiro atoms. The lowest BCUT2D eigenvalue weighted by molar-refractivity contribution is -0.117. The van der Waals surface area contributed by atoms with Crippen LogP contribution < -0.4 is 5.32 Å². The molecule has 0 atom stereocenters. The molecule has 2 N–H and O–H groups in total. The van der Waals surface area contributed by atoms with Crippen LogP contribution in [0.5, 0.6) is 0 Å². The highest BCUT2D eigenvalue weighted by molar-refractivity contribution is 5.92. The monoisotopic (exact) mass is 365 g/mol. The summed E-state index contributed by atoms with van der Waals surface area (Å²) in [4.78, 5) is 11.6. The number of rotatable bonds is 18. The predicted octanol–water partition coefficient (Wildman–Crippen LogP) is 6.08. The van der Waals surface area contributed by atoms with Crippen LogP contribution in [0.1, 0.15) is 104 Å². The molecule has 0 aliphatic rings. The number of carbonyl (C=O) groups is 1. The van der Waals surface area contributed by atoms with Gasteiger partial charge >= 0.3 is 0 Å². The number of amides is 1. The van der Waals surface area contributed by atoms with E-state index in [4.69, 9.17) is 5.11 Å². The Morgan fingerprint density at radius 3 is 1.92 bits per heavy atom. The Labute approximate surface area is 162 Å². The molecule has 0 fully saturated rings. The van der Waals surface area contributed by atoms with Crippen LogP contribution in [0.2, 0.25) is 0 Å². The summed E-state index contributed by atoms with van der Waals surface area (Å²) in [6.07, 6.45) is 24.9. The van der Waals surface area contributed by atoms with Crippen LogP contribution in [0.4, 0.5) is 0 Å². The molecule has 0 aliphatic carbocycles. The van der Waals surface area contributed by atoms with Gasteiger partial charge in [0.2, 0.25) is 5.91 Å². The molecule has 0 aromatic carbocycles. The normalized spacial score (nSPS) is 12.0. The zero-order valence-electron chi connectivity index (χ0n) is 17.4. The highest BCUT2D eigenvalue weighted by atomic mass is 16.3. The summed E-state index contributed by atoms with van der Waals surface area (Å²) in [5.41, 5.74) is 0.734. The number of nitrogens with one attached hydrogen (secondary N) is 1. The molecule has 0 aromatic rings. The average Bonchev–Trinajstić information content (AvgIpc) is 2.65. The lowest BCUT2D eigenvalue weighted by atomic mass is 10.1. The second-order valence-electron chi connectivity index (χ2n) is 7.24. The van der Waals surface area contributed by atoms with Gasteiger partial charge in [0.25, 0.3) is 0 Å². The van der Waals surface area contributed by atoms with Crippen molar-refractivity contribution in [1.29, 1.82) is 0 Å². The van der Waals surface area contributed by atoms with E-state index in [1.807, 2.05) is 13.0 Å². The third-order valence-corrected chi connectivity index (χ3v) is 4.68. The minimum Gasteiger partial charge on any atom is -0.395 e. The predicted molar refractivity (Wildman–Crippen MR) is 113 cm³/mol. The van der Waals surface area contributed by atoms with Gasteiger partial charge in [0, 0.05) is 12.1 Å². The number of carbonyl (C=O) groups excluding carboxylic acids is 1. The zero-order chi connectivity index (χ0) is 19.3. The van der Waals surface area contributed by atoms with E-state index in [1.165, 1.54) is 77.0 Å². The van der Waals surface area contributed by atoms with Gasteiger partial charge in [-0.15, -0.1) is 0 Å². The summed E-state index contributed by atoms with van der Waals surface area (Å²) >= 11 is 0. The Balaban J connectivity index is 3.37. The van der Waals surface area contributed by atoms with E-state index in [1.54, 1.807) is 0 Å². The molecule has 3 nitrogen and oxygen atoms in total. The molecule has 3 heteroatoms. The Morgan fingerprint density at radius 2 is 1.35 bits per heavy atom. The smallest absolute Gasteiger partial charge is 0.246 e. The molecule has 0 unspecified atom stereocenters. The number of unbranched alkanes of at least 4 members (excludes halogenated alkanes) is 12. The van der Waals surface area contributed by atoms with E-state index in [0.717, 1.165) is 18.4 Å². The molecule has 26 heavy (non-hydrogen) atoms. The topological polar surface area (TPSA) is 49.3 Å². The van der Waals surface area contributed by atoms with Crippen molar-refractivity contribution in [3.8, 4) is 0 Å². The molecule has 0 aromatic heterocycles. The number of aliphatic hydroxyl groups excluding tert-OH is 1. The second kappa shape index (κ2) is 20.2. The molecule has 0 bridgehead atoms. The van der Waals surface area contributed by atoms with Crippen LogP contribution >= 0.6 is 0 Å². The van der Waals surface area contributed by atoms with Crippen LogP contribution in [0.15, 0.2) is 23.8 Å². The number of hydrogen-bond acceptors (Lipinski definition) is 2. The van der Waals surface area contributed by atoms with E-state index in [2.05, 4.69) is 24.4 Å². The van der Waals surface area contributed by atoms with Crippen LogP contribution in [0.3, 0.4) is 0 Å². The molecule has 0 saturated heterocycles. The lowest BCUT2D eigenvalue weighted by Crippen LogP contribution is -2.26. The van der Waals surface area contributed by atoms with Crippen molar-refractivity contribution in [1.82, 2.24) is 5.32 Å². The highest BCUT2D eigenvalue weighted by Gasteiger charge is 2.01. The van der Waals surface area contributed by atoms with Crippen LogP contribution in [0.25, 0.3) is 0 Å². The lowest BCUT2D eigenvalue weighted by Gasteiger charge is -2.02. The van der Waals surface area contributed by atoms with Gasteiger partial charge in [0.1, 0.15) is 0 Å². The summed E-state index contributed by atoms with van der Waals surface area (Å²) in [5.74, 6) is -0.0796. The van der Waals surface area contributed by atoms with Crippen molar-refractivity contribution < 1.29 is 9.90 Å². The first kappa shape index (κ1) is 24.9. The third kappa shape index (κ3) is 17.7. The van der Waals surface area contributed by atoms with Crippen molar-refractivity contribution in [3.63, 3.8) is 0 Å². The fourth-order valence-electron chi connectivity index (χ4n) is 2.96. The number of aliphatic hydroxyl groups is 1. The summed E-state index contributed by atoms with van der Waals surface area (Å²) in [7, 11) is 0. The summed E-state index contributed by atoms with van der Waals surface area (Å²) in [5, 5.41) is 11.3. The van der Waals surface area contributed by atoms with E-state index < -0.39 is 0 Å². The first-order valence-electron chi connectivity index (χ1n) is 10.9. The minimum absolute atomic E-state index is 0.0131. The maximum absolute atomic E-state index is 11.6. The third-order valence-electron chi connectivity index (χ3n) is 4.68. The number of allylic oxidation sites excluding steroid dienone is 3. The standard InChI is InChI=1S/C23H43NO2/c1-3-4-5-6-7-8-9-10-11-12-13-14-15-16-17-18-19-22(2)23(26)24-20-21-25/h15-16,19,25H,3-14,17-18,20-21H2,1-2H3,(H,24,26). The second-order valence-corrected chi connectivity index (χ2v) is 7.24. The average molecular weight is 366 g/mol. The molecule has 0 aliphatic heterocycles. The van der Waals surface area contributed by atoms with Crippen molar-refractivity contribution in [2.75, 3.05) is 13.2 Å². The summed E-state index contributed by atoms with van der Waals surface area (Å²) < 4.78 is 0. The van der Waals surface area contributed by atoms with Gasteiger partial charge in [-0.05, 0) is 32.6 Å². The summed E-state index contributed by atoms with van der Waals surface area (Å²) in [6.45, 7) is 4.40. The summed E-state index contributed by atoms with van der Waals surface area (Å²) in [6, 6.07) is 0. The first-order chi connectivity index (χ1) is 12.7. The van der Waals surface area contributed by atoms with Crippen molar-refractivity contribution >= 4 is 5.91 Å². The molecule has 152 valence electrons. The maximum Gasteiger partial charge on any atom is 0.246 e. The van der Waals surface area contributed by atoms with Crippen LogP contribution in [-0.2, 0) is 4.79 Å². The molecule has 0 saturated carbocycles. The minimum atomic E-state index is -0.0796. The largest absolute Gasteiger partial charge is 0.395 e. The molecular formula is C23H43NO2. The Kier molecular flexibility index (Phi) is 19.4. The number of hydrogen-bond donors (Lipinski definition) is 2. The maximum atomic E-state index is 11.6. The highest BCUT2D eigenvalue weighted by Crippen LogP contribution is 2.12. The molecule has 0 heterocycles. The zero-order valence-corrected chi connectivity index (χ0v) is 17.4. The Bertz CT molecular complexity index is 374. The Morgan fingerprint density at radius 1 is 0.808 bits per heavy atom. The van der Waals surface area contributed by atoms with E-state index in [0.29, 0.717) is 6.54 Å². The van der Waals surface area contributed by atoms with Gasteiger partial charge in [0.15, 0.2) is 0 Å². The van der Waals surface area contributed by atoms with Gasteiger partial charge in [-0.2, -0.15) is 0 Å².